The molecule has 1 heterocycles. The molecule has 2 aromatic rings. The van der Waals surface area contributed by atoms with Crippen molar-refractivity contribution in [2.24, 2.45) is 0 Å². The number of para-hydroxylation sites is 1. The van der Waals surface area contributed by atoms with Crippen LogP contribution < -0.4 is 4.74 Å². The maximum absolute atomic E-state index is 10.9. The van der Waals surface area contributed by atoms with Crippen molar-refractivity contribution in [3.05, 3.63) is 34.2 Å². The van der Waals surface area contributed by atoms with Crippen LogP contribution in [0.3, 0.4) is 0 Å². The van der Waals surface area contributed by atoms with Crippen LogP contribution in [0.25, 0.3) is 11.3 Å². The number of carboxylic acids is 1. The number of thiazole rings is 1. The van der Waals surface area contributed by atoms with E-state index in [1.807, 2.05) is 31.2 Å². The van der Waals surface area contributed by atoms with Crippen molar-refractivity contribution < 1.29 is 14.6 Å². The molecule has 0 aliphatic carbocycles. The Labute approximate surface area is 103 Å². The van der Waals surface area contributed by atoms with Crippen LogP contribution in [-0.4, -0.2) is 23.2 Å². The molecule has 2 rings (SSSR count). The number of aromatic nitrogens is 1. The number of hydrogen-bond donors (Lipinski definition) is 1. The summed E-state index contributed by atoms with van der Waals surface area (Å²) in [7, 11) is 1.58. The van der Waals surface area contributed by atoms with Gasteiger partial charge in [0, 0.05) is 10.4 Å². The van der Waals surface area contributed by atoms with Crippen molar-refractivity contribution in [2.75, 3.05) is 7.11 Å². The molecule has 5 heteroatoms. The van der Waals surface area contributed by atoms with E-state index in [0.717, 1.165) is 10.4 Å². The topological polar surface area (TPSA) is 59.4 Å². The average molecular weight is 249 g/mol. The maximum Gasteiger partial charge on any atom is 0.365 e. The summed E-state index contributed by atoms with van der Waals surface area (Å²) in [6.45, 7) is 1.85. The van der Waals surface area contributed by atoms with E-state index in [1.54, 1.807) is 7.11 Å². The van der Waals surface area contributed by atoms with Crippen LogP contribution in [0.4, 0.5) is 0 Å². The standard InChI is InChI=1S/C12H11NO3S/c1-7-10(13-11(17-7)12(14)15)8-5-3-4-6-9(8)16-2/h3-6H,1-2H3,(H,14,15). The number of nitrogens with zero attached hydrogens (tertiary/aromatic N) is 1. The molecular formula is C12H11NO3S. The summed E-state index contributed by atoms with van der Waals surface area (Å²) in [5, 5.41) is 9.01. The summed E-state index contributed by atoms with van der Waals surface area (Å²) in [6.07, 6.45) is 0. The van der Waals surface area contributed by atoms with Gasteiger partial charge in [0.25, 0.3) is 0 Å². The van der Waals surface area contributed by atoms with Crippen LogP contribution >= 0.6 is 11.3 Å². The average Bonchev–Trinajstić information content (AvgIpc) is 2.71. The highest BCUT2D eigenvalue weighted by atomic mass is 32.1. The highest BCUT2D eigenvalue weighted by molar-refractivity contribution is 7.13. The third-order valence-corrected chi connectivity index (χ3v) is 3.30. The van der Waals surface area contributed by atoms with E-state index >= 15 is 0 Å². The summed E-state index contributed by atoms with van der Waals surface area (Å²) < 4.78 is 5.24. The predicted molar refractivity (Wildman–Crippen MR) is 65.8 cm³/mol. The number of ether oxygens (including phenoxy) is 1. The van der Waals surface area contributed by atoms with Gasteiger partial charge in [-0.15, -0.1) is 11.3 Å². The Hall–Kier alpha value is -1.88. The molecule has 0 radical (unpaired) electrons. The zero-order chi connectivity index (χ0) is 12.4. The first-order valence-corrected chi connectivity index (χ1v) is 5.79. The van der Waals surface area contributed by atoms with E-state index in [4.69, 9.17) is 9.84 Å². The number of aromatic carboxylic acids is 1. The van der Waals surface area contributed by atoms with Crippen LogP contribution in [0.5, 0.6) is 5.75 Å². The molecule has 0 amide bonds. The summed E-state index contributed by atoms with van der Waals surface area (Å²) in [6, 6.07) is 7.43. The van der Waals surface area contributed by atoms with Crippen molar-refractivity contribution in [2.45, 2.75) is 6.92 Å². The minimum Gasteiger partial charge on any atom is -0.496 e. The second-order valence-electron chi connectivity index (χ2n) is 3.43. The van der Waals surface area contributed by atoms with Crippen molar-refractivity contribution in [1.29, 1.82) is 0 Å². The quantitative estimate of drug-likeness (QED) is 0.908. The van der Waals surface area contributed by atoms with Gasteiger partial charge >= 0.3 is 5.97 Å². The fraction of sp³-hybridized carbons (Fsp3) is 0.167. The van der Waals surface area contributed by atoms with Crippen LogP contribution in [-0.2, 0) is 0 Å². The van der Waals surface area contributed by atoms with Gasteiger partial charge < -0.3 is 9.84 Å². The molecule has 88 valence electrons. The first-order chi connectivity index (χ1) is 8.13. The van der Waals surface area contributed by atoms with Crippen LogP contribution in [0.15, 0.2) is 24.3 Å². The van der Waals surface area contributed by atoms with Gasteiger partial charge in [0.15, 0.2) is 0 Å². The van der Waals surface area contributed by atoms with E-state index < -0.39 is 5.97 Å². The molecule has 0 unspecified atom stereocenters. The van der Waals surface area contributed by atoms with Crippen LogP contribution in [0, 0.1) is 6.92 Å². The molecule has 1 N–H and O–H groups in total. The Morgan fingerprint density at radius 2 is 2.12 bits per heavy atom. The number of carbonyl (C=O) groups is 1. The van der Waals surface area contributed by atoms with Gasteiger partial charge in [-0.25, -0.2) is 9.78 Å². The van der Waals surface area contributed by atoms with E-state index in [0.29, 0.717) is 11.4 Å². The normalized spacial score (nSPS) is 10.2. The lowest BCUT2D eigenvalue weighted by Crippen LogP contribution is -1.95. The van der Waals surface area contributed by atoms with Gasteiger partial charge in [0.1, 0.15) is 5.75 Å². The number of rotatable bonds is 3. The van der Waals surface area contributed by atoms with Crippen molar-refractivity contribution >= 4 is 17.3 Å². The predicted octanol–water partition coefficient (Wildman–Crippen LogP) is 2.83. The lowest BCUT2D eigenvalue weighted by Gasteiger charge is -2.05. The molecule has 1 aromatic carbocycles. The molecule has 1 aromatic heterocycles. The van der Waals surface area contributed by atoms with Crippen molar-refractivity contribution in [3.63, 3.8) is 0 Å². The number of aryl methyl sites for hydroxylation is 1. The van der Waals surface area contributed by atoms with Gasteiger partial charge in [0.2, 0.25) is 5.01 Å². The molecule has 17 heavy (non-hydrogen) atoms. The Morgan fingerprint density at radius 3 is 2.71 bits per heavy atom. The van der Waals surface area contributed by atoms with Gasteiger partial charge in [-0.05, 0) is 19.1 Å². The molecule has 0 saturated carbocycles. The number of hydrogen-bond acceptors (Lipinski definition) is 4. The Kier molecular flexibility index (Phi) is 3.10. The summed E-state index contributed by atoms with van der Waals surface area (Å²) in [4.78, 5) is 15.9. The summed E-state index contributed by atoms with van der Waals surface area (Å²) >= 11 is 1.17. The molecule has 0 atom stereocenters. The van der Waals surface area contributed by atoms with Gasteiger partial charge in [-0.3, -0.25) is 0 Å². The number of benzene rings is 1. The lowest BCUT2D eigenvalue weighted by molar-refractivity contribution is 0.0696. The van der Waals surface area contributed by atoms with E-state index in [2.05, 4.69) is 4.98 Å². The molecule has 0 aliphatic heterocycles. The molecule has 0 fully saturated rings. The molecule has 0 saturated heterocycles. The molecule has 0 spiro atoms. The molecule has 0 aliphatic rings. The molecule has 0 bridgehead atoms. The van der Waals surface area contributed by atoms with Crippen molar-refractivity contribution in [1.82, 2.24) is 4.98 Å². The molecule has 4 nitrogen and oxygen atoms in total. The van der Waals surface area contributed by atoms with Gasteiger partial charge in [-0.1, -0.05) is 12.1 Å². The van der Waals surface area contributed by atoms with E-state index in [1.165, 1.54) is 11.3 Å². The zero-order valence-electron chi connectivity index (χ0n) is 9.43. The van der Waals surface area contributed by atoms with Gasteiger partial charge in [0.05, 0.1) is 12.8 Å². The van der Waals surface area contributed by atoms with E-state index in [-0.39, 0.29) is 5.01 Å². The third kappa shape index (κ3) is 2.14. The fourth-order valence-electron chi connectivity index (χ4n) is 1.58. The largest absolute Gasteiger partial charge is 0.496 e. The summed E-state index contributed by atoms with van der Waals surface area (Å²) in [5.74, 6) is -0.308. The van der Waals surface area contributed by atoms with Gasteiger partial charge in [-0.2, -0.15) is 0 Å². The van der Waals surface area contributed by atoms with Crippen molar-refractivity contribution in [3.8, 4) is 17.0 Å². The number of carboxylic acid groups (broad SMARTS) is 1. The summed E-state index contributed by atoms with van der Waals surface area (Å²) in [5.41, 5.74) is 1.49. The van der Waals surface area contributed by atoms with Crippen LogP contribution in [0.2, 0.25) is 0 Å². The monoisotopic (exact) mass is 249 g/mol. The number of methoxy groups -OCH3 is 1. The minimum absolute atomic E-state index is 0.100. The molecular weight excluding hydrogens is 238 g/mol. The Balaban J connectivity index is 2.56. The fourth-order valence-corrected chi connectivity index (χ4v) is 2.34. The SMILES string of the molecule is COc1ccccc1-c1nc(C(=O)O)sc1C. The smallest absolute Gasteiger partial charge is 0.365 e. The maximum atomic E-state index is 10.9. The Bertz CT molecular complexity index is 563. The first kappa shape index (κ1) is 11.6. The van der Waals surface area contributed by atoms with Crippen LogP contribution in [0.1, 0.15) is 14.7 Å². The second-order valence-corrected chi connectivity index (χ2v) is 4.63. The third-order valence-electron chi connectivity index (χ3n) is 2.34. The minimum atomic E-state index is -1.00. The zero-order valence-corrected chi connectivity index (χ0v) is 10.2. The Morgan fingerprint density at radius 1 is 1.41 bits per heavy atom. The highest BCUT2D eigenvalue weighted by Gasteiger charge is 2.16. The highest BCUT2D eigenvalue weighted by Crippen LogP contribution is 2.33. The van der Waals surface area contributed by atoms with E-state index in [9.17, 15) is 4.79 Å². The first-order valence-electron chi connectivity index (χ1n) is 4.97. The lowest BCUT2D eigenvalue weighted by atomic mass is 10.1. The second kappa shape index (κ2) is 4.55.